The lowest BCUT2D eigenvalue weighted by Crippen LogP contribution is -2.50. The number of piperazine rings is 1. The van der Waals surface area contributed by atoms with Crippen LogP contribution in [0.4, 0.5) is 16.2 Å². The van der Waals surface area contributed by atoms with Crippen LogP contribution in [0.15, 0.2) is 60.8 Å². The molecule has 0 spiro atoms. The van der Waals surface area contributed by atoms with Gasteiger partial charge in [-0.3, -0.25) is 4.98 Å². The maximum Gasteiger partial charge on any atom is 0.321 e. The smallest absolute Gasteiger partial charge is 0.321 e. The fourth-order valence-electron chi connectivity index (χ4n) is 3.40. The minimum atomic E-state index is -0.0843. The molecule has 6 heteroatoms. The van der Waals surface area contributed by atoms with Crippen molar-refractivity contribution in [3.63, 3.8) is 0 Å². The van der Waals surface area contributed by atoms with E-state index in [0.29, 0.717) is 13.1 Å². The highest BCUT2D eigenvalue weighted by molar-refractivity contribution is 5.91. The second-order valence-corrected chi connectivity index (χ2v) is 6.49. The molecule has 1 fully saturated rings. The van der Waals surface area contributed by atoms with E-state index in [1.807, 2.05) is 41.4 Å². The summed E-state index contributed by atoms with van der Waals surface area (Å²) in [6.07, 6.45) is 1.82. The number of methoxy groups -OCH3 is 1. The van der Waals surface area contributed by atoms with E-state index >= 15 is 0 Å². The van der Waals surface area contributed by atoms with Gasteiger partial charge in [0, 0.05) is 49.5 Å². The molecule has 2 aromatic carbocycles. The van der Waals surface area contributed by atoms with Crippen LogP contribution in [0.3, 0.4) is 0 Å². The van der Waals surface area contributed by atoms with Crippen LogP contribution in [0.1, 0.15) is 0 Å². The number of amides is 2. The van der Waals surface area contributed by atoms with Crippen molar-refractivity contribution in [3.05, 3.63) is 60.8 Å². The molecular formula is C21H22N4O2. The fourth-order valence-corrected chi connectivity index (χ4v) is 3.40. The van der Waals surface area contributed by atoms with E-state index in [9.17, 15) is 4.79 Å². The average molecular weight is 362 g/mol. The maximum absolute atomic E-state index is 12.6. The highest BCUT2D eigenvalue weighted by atomic mass is 16.5. The van der Waals surface area contributed by atoms with E-state index in [4.69, 9.17) is 4.74 Å². The fraction of sp³-hybridized carbons (Fsp3) is 0.238. The lowest BCUT2D eigenvalue weighted by molar-refractivity contribution is 0.208. The monoisotopic (exact) mass is 362 g/mol. The third kappa shape index (κ3) is 3.65. The molecule has 0 radical (unpaired) electrons. The van der Waals surface area contributed by atoms with Crippen molar-refractivity contribution in [1.29, 1.82) is 0 Å². The van der Waals surface area contributed by atoms with Gasteiger partial charge in [-0.15, -0.1) is 0 Å². The summed E-state index contributed by atoms with van der Waals surface area (Å²) < 4.78 is 5.20. The van der Waals surface area contributed by atoms with Crippen LogP contribution >= 0.6 is 0 Å². The summed E-state index contributed by atoms with van der Waals surface area (Å²) in [5, 5.41) is 4.08. The van der Waals surface area contributed by atoms with Crippen molar-refractivity contribution < 1.29 is 9.53 Å². The Bertz CT molecular complexity index is 946. The van der Waals surface area contributed by atoms with Gasteiger partial charge in [-0.1, -0.05) is 24.3 Å². The van der Waals surface area contributed by atoms with Gasteiger partial charge in [0.1, 0.15) is 5.75 Å². The van der Waals surface area contributed by atoms with Crippen molar-refractivity contribution in [2.24, 2.45) is 0 Å². The highest BCUT2D eigenvalue weighted by Gasteiger charge is 2.22. The number of nitrogens with one attached hydrogen (secondary N) is 1. The summed E-state index contributed by atoms with van der Waals surface area (Å²) in [5.74, 6) is 0.723. The Balaban J connectivity index is 1.41. The van der Waals surface area contributed by atoms with E-state index in [-0.39, 0.29) is 6.03 Å². The van der Waals surface area contributed by atoms with Crippen LogP contribution in [0.25, 0.3) is 10.9 Å². The lowest BCUT2D eigenvalue weighted by Gasteiger charge is -2.36. The molecule has 1 aliphatic heterocycles. The molecule has 1 aliphatic rings. The predicted octanol–water partition coefficient (Wildman–Crippen LogP) is 3.60. The number of carbonyl (C=O) groups is 1. The number of ether oxygens (including phenoxy) is 1. The van der Waals surface area contributed by atoms with Crippen molar-refractivity contribution in [2.45, 2.75) is 0 Å². The van der Waals surface area contributed by atoms with Crippen LogP contribution in [0, 0.1) is 0 Å². The SMILES string of the molecule is COc1cccc(NC(=O)N2CCN(c3cccc4cccnc34)CC2)c1. The number of carbonyl (C=O) groups excluding carboxylic acids is 1. The lowest BCUT2D eigenvalue weighted by atomic mass is 10.1. The van der Waals surface area contributed by atoms with Crippen LogP contribution in [-0.2, 0) is 0 Å². The minimum Gasteiger partial charge on any atom is -0.497 e. The Morgan fingerprint density at radius 3 is 2.63 bits per heavy atom. The quantitative estimate of drug-likeness (QED) is 0.773. The van der Waals surface area contributed by atoms with Crippen LogP contribution in [0.5, 0.6) is 5.75 Å². The first kappa shape index (κ1) is 17.1. The summed E-state index contributed by atoms with van der Waals surface area (Å²) >= 11 is 0. The number of hydrogen-bond donors (Lipinski definition) is 1. The number of aromatic nitrogens is 1. The van der Waals surface area contributed by atoms with Crippen LogP contribution in [0.2, 0.25) is 0 Å². The number of benzene rings is 2. The predicted molar refractivity (Wildman–Crippen MR) is 108 cm³/mol. The van der Waals surface area contributed by atoms with Crippen molar-refractivity contribution in [3.8, 4) is 5.75 Å². The molecule has 1 saturated heterocycles. The molecule has 0 aliphatic carbocycles. The van der Waals surface area contributed by atoms with E-state index in [1.54, 1.807) is 7.11 Å². The number of urea groups is 1. The van der Waals surface area contributed by atoms with Crippen LogP contribution in [-0.4, -0.2) is 49.2 Å². The second-order valence-electron chi connectivity index (χ2n) is 6.49. The first-order valence-corrected chi connectivity index (χ1v) is 9.03. The molecule has 27 heavy (non-hydrogen) atoms. The largest absolute Gasteiger partial charge is 0.497 e. The summed E-state index contributed by atoms with van der Waals surface area (Å²) in [4.78, 5) is 21.2. The van der Waals surface area contributed by atoms with Gasteiger partial charge in [-0.25, -0.2) is 4.79 Å². The molecular weight excluding hydrogens is 340 g/mol. The summed E-state index contributed by atoms with van der Waals surface area (Å²) in [6, 6.07) is 17.6. The molecule has 1 aromatic heterocycles. The Kier molecular flexibility index (Phi) is 4.78. The van der Waals surface area contributed by atoms with Gasteiger partial charge in [0.25, 0.3) is 0 Å². The maximum atomic E-state index is 12.6. The summed E-state index contributed by atoms with van der Waals surface area (Å²) in [7, 11) is 1.61. The number of fused-ring (bicyclic) bond motifs is 1. The number of nitrogens with zero attached hydrogens (tertiary/aromatic N) is 3. The molecule has 0 unspecified atom stereocenters. The molecule has 138 valence electrons. The molecule has 0 bridgehead atoms. The van der Waals surface area contributed by atoms with Crippen molar-refractivity contribution in [2.75, 3.05) is 43.5 Å². The van der Waals surface area contributed by atoms with Crippen LogP contribution < -0.4 is 15.0 Å². The number of para-hydroxylation sites is 1. The second kappa shape index (κ2) is 7.53. The Morgan fingerprint density at radius 2 is 1.81 bits per heavy atom. The minimum absolute atomic E-state index is 0.0843. The molecule has 2 heterocycles. The molecule has 6 nitrogen and oxygen atoms in total. The number of hydrogen-bond acceptors (Lipinski definition) is 4. The zero-order valence-corrected chi connectivity index (χ0v) is 15.3. The molecule has 4 rings (SSSR count). The third-order valence-electron chi connectivity index (χ3n) is 4.84. The summed E-state index contributed by atoms with van der Waals surface area (Å²) in [6.45, 7) is 2.89. The van der Waals surface area contributed by atoms with Gasteiger partial charge in [0.05, 0.1) is 18.3 Å². The van der Waals surface area contributed by atoms with Gasteiger partial charge >= 0.3 is 6.03 Å². The van der Waals surface area contributed by atoms with Crippen molar-refractivity contribution in [1.82, 2.24) is 9.88 Å². The van der Waals surface area contributed by atoms with Gasteiger partial charge in [-0.05, 0) is 24.3 Å². The van der Waals surface area contributed by atoms with E-state index in [1.165, 1.54) is 0 Å². The number of anilines is 2. The van der Waals surface area contributed by atoms with E-state index < -0.39 is 0 Å². The highest BCUT2D eigenvalue weighted by Crippen LogP contribution is 2.26. The average Bonchev–Trinajstić information content (AvgIpc) is 2.73. The van der Waals surface area contributed by atoms with Gasteiger partial charge < -0.3 is 19.9 Å². The topological polar surface area (TPSA) is 57.7 Å². The zero-order valence-electron chi connectivity index (χ0n) is 15.3. The van der Waals surface area contributed by atoms with Gasteiger partial charge in [0.15, 0.2) is 0 Å². The normalized spacial score (nSPS) is 14.3. The molecule has 3 aromatic rings. The van der Waals surface area contributed by atoms with Gasteiger partial charge in [0.2, 0.25) is 0 Å². The molecule has 0 saturated carbocycles. The Hall–Kier alpha value is -3.28. The van der Waals surface area contributed by atoms with Crippen molar-refractivity contribution >= 4 is 28.3 Å². The first-order valence-electron chi connectivity index (χ1n) is 9.03. The molecule has 2 amide bonds. The third-order valence-corrected chi connectivity index (χ3v) is 4.84. The Labute approximate surface area is 158 Å². The van der Waals surface area contributed by atoms with E-state index in [2.05, 4.69) is 39.5 Å². The summed E-state index contributed by atoms with van der Waals surface area (Å²) in [5.41, 5.74) is 2.87. The number of rotatable bonds is 3. The number of pyridine rings is 1. The molecule has 1 N–H and O–H groups in total. The zero-order chi connectivity index (χ0) is 18.6. The standard InChI is InChI=1S/C21H22N4O2/c1-27-18-8-3-7-17(15-18)23-21(26)25-13-11-24(12-14-25)19-9-2-5-16-6-4-10-22-20(16)19/h2-10,15H,11-14H2,1H3,(H,23,26). The van der Waals surface area contributed by atoms with Gasteiger partial charge in [-0.2, -0.15) is 0 Å². The molecule has 0 atom stereocenters. The first-order chi connectivity index (χ1) is 13.2. The van der Waals surface area contributed by atoms with E-state index in [0.717, 1.165) is 41.1 Å². The Morgan fingerprint density at radius 1 is 1.04 bits per heavy atom.